The van der Waals surface area contributed by atoms with Crippen molar-refractivity contribution >= 4 is 16.7 Å². The summed E-state index contributed by atoms with van der Waals surface area (Å²) < 4.78 is 21.2. The quantitative estimate of drug-likeness (QED) is 0.290. The largest absolute Gasteiger partial charge is 0.496 e. The van der Waals surface area contributed by atoms with E-state index in [0.29, 0.717) is 39.5 Å². The van der Waals surface area contributed by atoms with Crippen molar-refractivity contribution in [2.75, 3.05) is 28.4 Å². The fourth-order valence-electron chi connectivity index (χ4n) is 3.69. The highest BCUT2D eigenvalue weighted by atomic mass is 16.5. The normalized spacial score (nSPS) is 9.89. The highest BCUT2D eigenvalue weighted by molar-refractivity contribution is 5.92. The standard InChI is InChI=1S/C31H24O5/c1-33-28-20-29(34-2)26(15-11-22-12-16-27(31(32)36-4)30(18-22)35-3)19-25(28)14-10-21-9-13-23-7-5-6-8-24(23)17-21/h5-9,12-13,16-20H,1-4H3. The van der Waals surface area contributed by atoms with Gasteiger partial charge in [0, 0.05) is 17.2 Å². The summed E-state index contributed by atoms with van der Waals surface area (Å²) >= 11 is 0. The minimum absolute atomic E-state index is 0.332. The minimum atomic E-state index is -0.474. The number of carbonyl (C=O) groups is 1. The summed E-state index contributed by atoms with van der Waals surface area (Å²) in [6, 6.07) is 22.9. The molecule has 0 aliphatic rings. The second kappa shape index (κ2) is 11.0. The average molecular weight is 477 g/mol. The van der Waals surface area contributed by atoms with Crippen molar-refractivity contribution in [2.45, 2.75) is 0 Å². The van der Waals surface area contributed by atoms with Gasteiger partial charge in [0.1, 0.15) is 22.8 Å². The van der Waals surface area contributed by atoms with E-state index in [4.69, 9.17) is 18.9 Å². The van der Waals surface area contributed by atoms with Gasteiger partial charge in [-0.1, -0.05) is 54.0 Å². The number of esters is 1. The molecule has 4 rings (SSSR count). The molecule has 0 radical (unpaired) electrons. The zero-order valence-electron chi connectivity index (χ0n) is 20.5. The van der Waals surface area contributed by atoms with Gasteiger partial charge in [-0.3, -0.25) is 0 Å². The van der Waals surface area contributed by atoms with E-state index in [1.807, 2.05) is 24.3 Å². The molecule has 0 unspecified atom stereocenters. The zero-order valence-corrected chi connectivity index (χ0v) is 20.5. The molecule has 0 aliphatic heterocycles. The Balaban J connectivity index is 1.71. The van der Waals surface area contributed by atoms with Gasteiger partial charge < -0.3 is 18.9 Å². The van der Waals surface area contributed by atoms with E-state index in [1.165, 1.54) is 19.6 Å². The molecule has 0 atom stereocenters. The van der Waals surface area contributed by atoms with Crippen LogP contribution in [0.4, 0.5) is 0 Å². The topological polar surface area (TPSA) is 54.0 Å². The third-order valence-corrected chi connectivity index (χ3v) is 5.56. The predicted molar refractivity (Wildman–Crippen MR) is 140 cm³/mol. The molecule has 36 heavy (non-hydrogen) atoms. The number of hydrogen-bond donors (Lipinski definition) is 0. The van der Waals surface area contributed by atoms with Gasteiger partial charge in [0.15, 0.2) is 0 Å². The van der Waals surface area contributed by atoms with E-state index in [2.05, 4.69) is 47.9 Å². The Morgan fingerprint density at radius 1 is 0.583 bits per heavy atom. The van der Waals surface area contributed by atoms with Crippen LogP contribution in [-0.4, -0.2) is 34.4 Å². The summed E-state index contributed by atoms with van der Waals surface area (Å²) in [6.07, 6.45) is 0. The fourth-order valence-corrected chi connectivity index (χ4v) is 3.69. The zero-order chi connectivity index (χ0) is 25.5. The van der Waals surface area contributed by atoms with E-state index in [0.717, 1.165) is 10.9 Å². The van der Waals surface area contributed by atoms with E-state index >= 15 is 0 Å². The molecule has 0 aliphatic carbocycles. The Morgan fingerprint density at radius 3 is 1.78 bits per heavy atom. The lowest BCUT2D eigenvalue weighted by Gasteiger charge is -2.09. The molecule has 0 N–H and O–H groups in total. The van der Waals surface area contributed by atoms with Crippen molar-refractivity contribution in [2.24, 2.45) is 0 Å². The van der Waals surface area contributed by atoms with E-state index in [-0.39, 0.29) is 0 Å². The number of benzene rings is 4. The van der Waals surface area contributed by atoms with Gasteiger partial charge in [-0.05, 0) is 47.2 Å². The first-order valence-corrected chi connectivity index (χ1v) is 11.1. The van der Waals surface area contributed by atoms with Gasteiger partial charge >= 0.3 is 5.97 Å². The number of methoxy groups -OCH3 is 4. The summed E-state index contributed by atoms with van der Waals surface area (Å²) in [7, 11) is 5.99. The first-order valence-electron chi connectivity index (χ1n) is 11.1. The second-order valence-corrected chi connectivity index (χ2v) is 7.72. The van der Waals surface area contributed by atoms with Crippen molar-refractivity contribution in [3.8, 4) is 40.9 Å². The second-order valence-electron chi connectivity index (χ2n) is 7.72. The SMILES string of the molecule is COC(=O)c1ccc(C#Cc2cc(C#Cc3ccc4ccccc4c3)c(OC)cc2OC)cc1OC. The molecule has 178 valence electrons. The van der Waals surface area contributed by atoms with Gasteiger partial charge in [0.05, 0.1) is 39.6 Å². The third-order valence-electron chi connectivity index (χ3n) is 5.56. The summed E-state index contributed by atoms with van der Waals surface area (Å²) in [4.78, 5) is 11.9. The molecular formula is C31H24O5. The Labute approximate surface area is 210 Å². The van der Waals surface area contributed by atoms with Crippen LogP contribution < -0.4 is 14.2 Å². The first kappa shape index (κ1) is 24.3. The van der Waals surface area contributed by atoms with Gasteiger partial charge in [0.2, 0.25) is 0 Å². The molecule has 0 amide bonds. The van der Waals surface area contributed by atoms with Crippen LogP contribution in [0.25, 0.3) is 10.8 Å². The fraction of sp³-hybridized carbons (Fsp3) is 0.129. The Hall–Kier alpha value is -4.87. The van der Waals surface area contributed by atoms with Gasteiger partial charge in [-0.2, -0.15) is 0 Å². The van der Waals surface area contributed by atoms with Crippen LogP contribution in [0.1, 0.15) is 32.6 Å². The molecule has 0 heterocycles. The average Bonchev–Trinajstić information content (AvgIpc) is 2.93. The van der Waals surface area contributed by atoms with Gasteiger partial charge in [-0.15, -0.1) is 0 Å². The number of fused-ring (bicyclic) bond motifs is 1. The monoisotopic (exact) mass is 476 g/mol. The van der Waals surface area contributed by atoms with E-state index in [9.17, 15) is 4.79 Å². The Bertz CT molecular complexity index is 1560. The van der Waals surface area contributed by atoms with Crippen LogP contribution in [0.3, 0.4) is 0 Å². The van der Waals surface area contributed by atoms with E-state index in [1.54, 1.807) is 38.5 Å². The highest BCUT2D eigenvalue weighted by Crippen LogP contribution is 2.29. The Kier molecular flexibility index (Phi) is 7.44. The van der Waals surface area contributed by atoms with Crippen LogP contribution >= 0.6 is 0 Å². The lowest BCUT2D eigenvalue weighted by atomic mass is 10.1. The summed E-state index contributed by atoms with van der Waals surface area (Å²) in [5.74, 6) is 13.7. The van der Waals surface area contributed by atoms with E-state index < -0.39 is 5.97 Å². The number of ether oxygens (including phenoxy) is 4. The summed E-state index contributed by atoms with van der Waals surface area (Å²) in [6.45, 7) is 0. The maximum atomic E-state index is 11.9. The molecule has 0 aromatic heterocycles. The van der Waals surface area contributed by atoms with Crippen LogP contribution in [0.2, 0.25) is 0 Å². The van der Waals surface area contributed by atoms with Crippen molar-refractivity contribution in [3.05, 3.63) is 101 Å². The van der Waals surface area contributed by atoms with Crippen LogP contribution in [0.15, 0.2) is 72.8 Å². The molecule has 0 spiro atoms. The van der Waals surface area contributed by atoms with Crippen molar-refractivity contribution in [1.82, 2.24) is 0 Å². The lowest BCUT2D eigenvalue weighted by Crippen LogP contribution is -2.04. The molecule has 5 heteroatoms. The molecule has 0 saturated heterocycles. The smallest absolute Gasteiger partial charge is 0.341 e. The molecule has 4 aromatic carbocycles. The van der Waals surface area contributed by atoms with Crippen molar-refractivity contribution < 1.29 is 23.7 Å². The van der Waals surface area contributed by atoms with Crippen molar-refractivity contribution in [1.29, 1.82) is 0 Å². The maximum absolute atomic E-state index is 11.9. The lowest BCUT2D eigenvalue weighted by molar-refractivity contribution is 0.0597. The molecular weight excluding hydrogens is 452 g/mol. The van der Waals surface area contributed by atoms with Crippen LogP contribution in [0.5, 0.6) is 17.2 Å². The Morgan fingerprint density at radius 2 is 1.17 bits per heavy atom. The summed E-state index contributed by atoms with van der Waals surface area (Å²) in [5.41, 5.74) is 3.24. The van der Waals surface area contributed by atoms with Gasteiger partial charge in [0.25, 0.3) is 0 Å². The number of hydrogen-bond acceptors (Lipinski definition) is 5. The third kappa shape index (κ3) is 5.27. The number of carbonyl (C=O) groups excluding carboxylic acids is 1. The highest BCUT2D eigenvalue weighted by Gasteiger charge is 2.13. The number of rotatable bonds is 4. The molecule has 4 aromatic rings. The van der Waals surface area contributed by atoms with Crippen LogP contribution in [-0.2, 0) is 4.74 Å². The molecule has 0 saturated carbocycles. The van der Waals surface area contributed by atoms with Gasteiger partial charge in [-0.25, -0.2) is 4.79 Å². The minimum Gasteiger partial charge on any atom is -0.496 e. The molecule has 0 bridgehead atoms. The summed E-state index contributed by atoms with van der Waals surface area (Å²) in [5, 5.41) is 2.30. The molecule has 0 fully saturated rings. The maximum Gasteiger partial charge on any atom is 0.341 e. The first-order chi connectivity index (χ1) is 17.6. The van der Waals surface area contributed by atoms with Crippen molar-refractivity contribution in [3.63, 3.8) is 0 Å². The van der Waals surface area contributed by atoms with Crippen LogP contribution in [0, 0.1) is 23.7 Å². The predicted octanol–water partition coefficient (Wildman–Crippen LogP) is 5.45. The molecule has 5 nitrogen and oxygen atoms in total.